The molecule has 1 N–H and O–H groups in total. The van der Waals surface area contributed by atoms with E-state index in [9.17, 15) is 13.2 Å². The summed E-state index contributed by atoms with van der Waals surface area (Å²) in [5.74, 6) is 0.335. The quantitative estimate of drug-likeness (QED) is 0.841. The number of sulfonamides is 1. The van der Waals surface area contributed by atoms with E-state index in [0.717, 1.165) is 32.1 Å². The molecule has 1 spiro atoms. The fourth-order valence-corrected chi connectivity index (χ4v) is 6.88. The fraction of sp³-hybridized carbons (Fsp3) is 0.667. The number of nitrogens with one attached hydrogen (secondary N) is 1. The molecule has 0 radical (unpaired) electrons. The Labute approximate surface area is 162 Å². The zero-order valence-electron chi connectivity index (χ0n) is 16.3. The largest absolute Gasteiger partial charge is 0.354 e. The third kappa shape index (κ3) is 3.54. The van der Waals surface area contributed by atoms with E-state index in [1.807, 2.05) is 13.8 Å². The Kier molecular flexibility index (Phi) is 4.83. The summed E-state index contributed by atoms with van der Waals surface area (Å²) in [6.45, 7) is 5.19. The van der Waals surface area contributed by atoms with Gasteiger partial charge >= 0.3 is 0 Å². The Morgan fingerprint density at radius 3 is 2.52 bits per heavy atom. The first-order valence-electron chi connectivity index (χ1n) is 10.2. The van der Waals surface area contributed by atoms with Crippen LogP contribution in [0, 0.1) is 0 Å². The lowest BCUT2D eigenvalue weighted by Crippen LogP contribution is -2.45. The maximum atomic E-state index is 12.6. The van der Waals surface area contributed by atoms with Crippen molar-refractivity contribution in [2.75, 3.05) is 13.1 Å². The topological polar surface area (TPSA) is 66.5 Å². The zero-order chi connectivity index (χ0) is 19.2. The van der Waals surface area contributed by atoms with Crippen molar-refractivity contribution in [1.82, 2.24) is 9.62 Å². The number of carbonyl (C=O) groups excluding carboxylic acids is 1. The van der Waals surface area contributed by atoms with Gasteiger partial charge in [-0.25, -0.2) is 12.7 Å². The summed E-state index contributed by atoms with van der Waals surface area (Å²) in [5, 5.41) is 2.88. The zero-order valence-corrected chi connectivity index (χ0v) is 17.1. The third-order valence-corrected chi connectivity index (χ3v) is 8.87. The van der Waals surface area contributed by atoms with Gasteiger partial charge in [-0.3, -0.25) is 4.79 Å². The van der Waals surface area contributed by atoms with E-state index >= 15 is 0 Å². The summed E-state index contributed by atoms with van der Waals surface area (Å²) in [6, 6.07) is 8.63. The molecular formula is C21H30N2O3S. The van der Waals surface area contributed by atoms with Crippen LogP contribution in [0.15, 0.2) is 24.3 Å². The summed E-state index contributed by atoms with van der Waals surface area (Å²) in [7, 11) is -3.09. The number of piperidine rings is 1. The second-order valence-corrected chi connectivity index (χ2v) is 11.1. The normalized spacial score (nSPS) is 24.9. The van der Waals surface area contributed by atoms with Crippen molar-refractivity contribution < 1.29 is 13.2 Å². The molecule has 1 aliphatic heterocycles. The molecule has 3 aliphatic rings. The molecule has 2 aliphatic carbocycles. The van der Waals surface area contributed by atoms with E-state index in [1.165, 1.54) is 11.1 Å². The highest BCUT2D eigenvalue weighted by Gasteiger charge is 2.49. The van der Waals surface area contributed by atoms with Crippen LogP contribution in [0.25, 0.3) is 0 Å². The summed E-state index contributed by atoms with van der Waals surface area (Å²) in [4.78, 5) is 12.4. The first kappa shape index (κ1) is 18.9. The van der Waals surface area contributed by atoms with Crippen LogP contribution in [0.1, 0.15) is 69.4 Å². The molecule has 1 aromatic rings. The fourth-order valence-electron chi connectivity index (χ4n) is 5.03. The van der Waals surface area contributed by atoms with E-state index in [2.05, 4.69) is 29.6 Å². The molecule has 0 unspecified atom stereocenters. The Balaban J connectivity index is 1.52. The van der Waals surface area contributed by atoms with Gasteiger partial charge in [0.2, 0.25) is 15.9 Å². The molecule has 1 amide bonds. The van der Waals surface area contributed by atoms with Crippen LogP contribution in [-0.2, 0) is 20.2 Å². The molecule has 148 valence electrons. The number of amides is 1. The van der Waals surface area contributed by atoms with E-state index in [1.54, 1.807) is 4.31 Å². The lowest BCUT2D eigenvalue weighted by molar-refractivity contribution is -0.122. The van der Waals surface area contributed by atoms with Crippen molar-refractivity contribution in [2.45, 2.75) is 75.0 Å². The van der Waals surface area contributed by atoms with Crippen molar-refractivity contribution in [3.8, 4) is 0 Å². The Morgan fingerprint density at radius 2 is 1.89 bits per heavy atom. The molecule has 1 saturated heterocycles. The predicted octanol–water partition coefficient (Wildman–Crippen LogP) is 2.91. The van der Waals surface area contributed by atoms with Crippen molar-refractivity contribution in [3.63, 3.8) is 0 Å². The average Bonchev–Trinajstić information content (AvgIpc) is 3.43. The Morgan fingerprint density at radius 1 is 1.22 bits per heavy atom. The monoisotopic (exact) mass is 390 g/mol. The molecule has 27 heavy (non-hydrogen) atoms. The third-order valence-electron chi connectivity index (χ3n) is 6.48. The van der Waals surface area contributed by atoms with Gasteiger partial charge in [0.15, 0.2) is 0 Å². The average molecular weight is 391 g/mol. The summed E-state index contributed by atoms with van der Waals surface area (Å²) >= 11 is 0. The van der Waals surface area contributed by atoms with Crippen LogP contribution in [-0.4, -0.2) is 43.0 Å². The first-order valence-corrected chi connectivity index (χ1v) is 11.7. The summed E-state index contributed by atoms with van der Waals surface area (Å²) < 4.78 is 26.9. The number of fused-ring (bicyclic) bond motifs is 2. The number of nitrogens with zero attached hydrogens (tertiary/aromatic N) is 1. The van der Waals surface area contributed by atoms with Gasteiger partial charge in [-0.15, -0.1) is 0 Å². The van der Waals surface area contributed by atoms with Crippen LogP contribution in [0.4, 0.5) is 0 Å². The second kappa shape index (κ2) is 6.89. The summed E-state index contributed by atoms with van der Waals surface area (Å²) in [6.07, 6.45) is 4.83. The van der Waals surface area contributed by atoms with Gasteiger partial charge in [-0.2, -0.15) is 0 Å². The molecular weight excluding hydrogens is 360 g/mol. The molecule has 6 heteroatoms. The van der Waals surface area contributed by atoms with Gasteiger partial charge < -0.3 is 5.32 Å². The van der Waals surface area contributed by atoms with E-state index in [0.29, 0.717) is 19.5 Å². The van der Waals surface area contributed by atoms with Gasteiger partial charge in [-0.05, 0) is 68.4 Å². The van der Waals surface area contributed by atoms with E-state index in [-0.39, 0.29) is 28.5 Å². The van der Waals surface area contributed by atoms with Gasteiger partial charge in [0.25, 0.3) is 0 Å². The molecule has 0 aromatic heterocycles. The molecule has 1 atom stereocenters. The lowest BCUT2D eigenvalue weighted by Gasteiger charge is -2.40. The minimum absolute atomic E-state index is 0.0228. The van der Waals surface area contributed by atoms with Crippen LogP contribution >= 0.6 is 0 Å². The highest BCUT2D eigenvalue weighted by atomic mass is 32.2. The van der Waals surface area contributed by atoms with Crippen molar-refractivity contribution in [3.05, 3.63) is 35.4 Å². The maximum absolute atomic E-state index is 12.6. The lowest BCUT2D eigenvalue weighted by atomic mass is 9.73. The molecule has 4 rings (SSSR count). The summed E-state index contributed by atoms with van der Waals surface area (Å²) in [5.41, 5.74) is 2.65. The number of carbonyl (C=O) groups is 1. The van der Waals surface area contributed by atoms with Gasteiger partial charge in [-0.1, -0.05) is 24.3 Å². The van der Waals surface area contributed by atoms with Gasteiger partial charge in [0.05, 0.1) is 5.25 Å². The molecule has 1 aromatic carbocycles. The molecule has 1 saturated carbocycles. The molecule has 1 heterocycles. The van der Waals surface area contributed by atoms with Crippen LogP contribution in [0.2, 0.25) is 0 Å². The number of hydrogen-bond acceptors (Lipinski definition) is 3. The first-order chi connectivity index (χ1) is 12.8. The molecule has 0 bridgehead atoms. The van der Waals surface area contributed by atoms with Crippen LogP contribution in [0.3, 0.4) is 0 Å². The SMILES string of the molecule is CC(C)NC(=O)C[C@@H]1CC2(CCN(S(=O)(=O)C3CC3)CC2)c2ccccc21. The van der Waals surface area contributed by atoms with Crippen LogP contribution in [0.5, 0.6) is 0 Å². The van der Waals surface area contributed by atoms with Gasteiger partial charge in [0, 0.05) is 25.6 Å². The van der Waals surface area contributed by atoms with E-state index < -0.39 is 10.0 Å². The Bertz CT molecular complexity index is 822. The van der Waals surface area contributed by atoms with E-state index in [4.69, 9.17) is 0 Å². The molecule has 5 nitrogen and oxygen atoms in total. The molecule has 2 fully saturated rings. The highest BCUT2D eigenvalue weighted by molar-refractivity contribution is 7.90. The van der Waals surface area contributed by atoms with Crippen molar-refractivity contribution >= 4 is 15.9 Å². The van der Waals surface area contributed by atoms with Crippen LogP contribution < -0.4 is 5.32 Å². The smallest absolute Gasteiger partial charge is 0.220 e. The maximum Gasteiger partial charge on any atom is 0.220 e. The number of benzene rings is 1. The minimum atomic E-state index is -3.09. The highest BCUT2D eigenvalue weighted by Crippen LogP contribution is 2.53. The number of hydrogen-bond donors (Lipinski definition) is 1. The van der Waals surface area contributed by atoms with Gasteiger partial charge in [0.1, 0.15) is 0 Å². The second-order valence-electron chi connectivity index (χ2n) is 8.84. The number of rotatable bonds is 5. The van der Waals surface area contributed by atoms with Crippen molar-refractivity contribution in [2.24, 2.45) is 0 Å². The predicted molar refractivity (Wildman–Crippen MR) is 106 cm³/mol. The minimum Gasteiger partial charge on any atom is -0.354 e. The van der Waals surface area contributed by atoms with Crippen molar-refractivity contribution in [1.29, 1.82) is 0 Å². The Hall–Kier alpha value is -1.40. The standard InChI is InChI=1S/C21H30N2O3S/c1-15(2)22-20(24)13-16-14-21(19-6-4-3-5-18(16)19)9-11-23(12-10-21)27(25,26)17-7-8-17/h3-6,15-17H,7-14H2,1-2H3,(H,22,24)/t16-/m1/s1.